The van der Waals surface area contributed by atoms with Crippen LogP contribution in [0.25, 0.3) is 0 Å². The average molecular weight is 421 g/mol. The van der Waals surface area contributed by atoms with Crippen molar-refractivity contribution in [1.29, 1.82) is 0 Å². The molecule has 7 heteroatoms. The number of hydrogen-bond donors (Lipinski definition) is 2. The zero-order valence-electron chi connectivity index (χ0n) is 17.0. The second kappa shape index (κ2) is 10.8. The average Bonchev–Trinajstić information content (AvgIpc) is 2.80. The summed E-state index contributed by atoms with van der Waals surface area (Å²) in [4.78, 5) is 24.0. The Bertz CT molecular complexity index is 998. The monoisotopic (exact) mass is 421 g/mol. The third kappa shape index (κ3) is 6.58. The van der Waals surface area contributed by atoms with Crippen LogP contribution in [0.15, 0.2) is 72.8 Å². The van der Waals surface area contributed by atoms with E-state index in [0.717, 1.165) is 5.75 Å². The Morgan fingerprint density at radius 2 is 1.42 bits per heavy atom. The number of esters is 1. The van der Waals surface area contributed by atoms with E-state index in [9.17, 15) is 9.59 Å². The Labute approximate surface area is 180 Å². The number of rotatable bonds is 9. The van der Waals surface area contributed by atoms with Crippen LogP contribution in [0, 0.1) is 0 Å². The van der Waals surface area contributed by atoms with E-state index in [4.69, 9.17) is 19.3 Å². The zero-order chi connectivity index (χ0) is 22.1. The molecule has 0 saturated carbocycles. The van der Waals surface area contributed by atoms with E-state index in [2.05, 4.69) is 5.32 Å². The van der Waals surface area contributed by atoms with E-state index < -0.39 is 18.5 Å². The molecule has 160 valence electrons. The molecule has 3 rings (SSSR count). The van der Waals surface area contributed by atoms with Crippen LogP contribution in [-0.2, 0) is 16.1 Å². The molecule has 3 aromatic carbocycles. The van der Waals surface area contributed by atoms with Crippen LogP contribution in [0.4, 0.5) is 5.69 Å². The lowest BCUT2D eigenvalue weighted by Gasteiger charge is -2.09. The molecule has 0 atom stereocenters. The van der Waals surface area contributed by atoms with E-state index in [0.29, 0.717) is 34.9 Å². The first-order valence-corrected chi connectivity index (χ1v) is 9.75. The summed E-state index contributed by atoms with van der Waals surface area (Å²) in [5.41, 5.74) is 1.54. The predicted octanol–water partition coefficient (Wildman–Crippen LogP) is 4.17. The quantitative estimate of drug-likeness (QED) is 0.504. The number of benzene rings is 3. The molecule has 0 aliphatic heterocycles. The van der Waals surface area contributed by atoms with Crippen LogP contribution < -0.4 is 14.8 Å². The topological polar surface area (TPSA) is 94.1 Å². The van der Waals surface area contributed by atoms with Gasteiger partial charge in [0.1, 0.15) is 17.2 Å². The predicted molar refractivity (Wildman–Crippen MR) is 115 cm³/mol. The molecule has 0 spiro atoms. The summed E-state index contributed by atoms with van der Waals surface area (Å²) in [5.74, 6) is 0.981. The molecular weight excluding hydrogens is 398 g/mol. The smallest absolute Gasteiger partial charge is 0.338 e. The molecule has 2 N–H and O–H groups in total. The third-order valence-electron chi connectivity index (χ3n) is 4.22. The maximum atomic E-state index is 12.0. The molecule has 0 bridgehead atoms. The number of ether oxygens (including phenoxy) is 3. The maximum Gasteiger partial charge on any atom is 0.338 e. The molecule has 31 heavy (non-hydrogen) atoms. The number of anilines is 1. The highest BCUT2D eigenvalue weighted by Gasteiger charge is 2.10. The van der Waals surface area contributed by atoms with Gasteiger partial charge in [0.25, 0.3) is 5.91 Å². The first kappa shape index (κ1) is 21.9. The number of carbonyl (C=O) groups excluding carboxylic acids is 2. The normalized spacial score (nSPS) is 10.3. The van der Waals surface area contributed by atoms with Gasteiger partial charge in [0.15, 0.2) is 6.61 Å². The first-order chi connectivity index (χ1) is 15.1. The number of hydrogen-bond acceptors (Lipinski definition) is 6. The van der Waals surface area contributed by atoms with Gasteiger partial charge in [-0.2, -0.15) is 0 Å². The highest BCUT2D eigenvalue weighted by Crippen LogP contribution is 2.25. The SMILES string of the molecule is CCOc1ccc(Oc2ccc(NC(=O)COC(=O)c3ccc(CO)cc3)cc2)cc1. The molecule has 1 amide bonds. The Kier molecular flexibility index (Phi) is 7.61. The van der Waals surface area contributed by atoms with Crippen LogP contribution in [0.2, 0.25) is 0 Å². The molecule has 3 aromatic rings. The van der Waals surface area contributed by atoms with Crippen molar-refractivity contribution in [3.8, 4) is 17.2 Å². The maximum absolute atomic E-state index is 12.0. The molecule has 0 saturated heterocycles. The van der Waals surface area contributed by atoms with Gasteiger partial charge in [0.2, 0.25) is 0 Å². The summed E-state index contributed by atoms with van der Waals surface area (Å²) in [6.45, 7) is 2.00. The molecule has 0 aromatic heterocycles. The Morgan fingerprint density at radius 1 is 0.839 bits per heavy atom. The fourth-order valence-corrected chi connectivity index (χ4v) is 2.67. The summed E-state index contributed by atoms with van der Waals surface area (Å²) >= 11 is 0. The Morgan fingerprint density at radius 3 is 2.00 bits per heavy atom. The minimum atomic E-state index is -0.612. The minimum absolute atomic E-state index is 0.109. The fourth-order valence-electron chi connectivity index (χ4n) is 2.67. The van der Waals surface area contributed by atoms with Crippen LogP contribution >= 0.6 is 0 Å². The van der Waals surface area contributed by atoms with Gasteiger partial charge in [-0.1, -0.05) is 12.1 Å². The van der Waals surface area contributed by atoms with Gasteiger partial charge in [-0.25, -0.2) is 4.79 Å². The van der Waals surface area contributed by atoms with Gasteiger partial charge in [0, 0.05) is 5.69 Å². The van der Waals surface area contributed by atoms with E-state index in [1.54, 1.807) is 36.4 Å². The lowest BCUT2D eigenvalue weighted by atomic mass is 10.1. The second-order valence-corrected chi connectivity index (χ2v) is 6.51. The van der Waals surface area contributed by atoms with Gasteiger partial charge in [-0.05, 0) is 73.2 Å². The van der Waals surface area contributed by atoms with Crippen molar-refractivity contribution >= 4 is 17.6 Å². The van der Waals surface area contributed by atoms with Crippen LogP contribution in [0.5, 0.6) is 17.2 Å². The number of aliphatic hydroxyl groups is 1. The molecule has 0 aliphatic carbocycles. The van der Waals surface area contributed by atoms with Crippen molar-refractivity contribution in [1.82, 2.24) is 0 Å². The Hall–Kier alpha value is -3.84. The van der Waals surface area contributed by atoms with Crippen molar-refractivity contribution in [3.63, 3.8) is 0 Å². The van der Waals surface area contributed by atoms with Crippen LogP contribution in [0.3, 0.4) is 0 Å². The lowest BCUT2D eigenvalue weighted by Crippen LogP contribution is -2.20. The number of nitrogens with one attached hydrogen (secondary N) is 1. The van der Waals surface area contributed by atoms with Crippen LogP contribution in [-0.4, -0.2) is 30.2 Å². The van der Waals surface area contributed by atoms with E-state index in [-0.39, 0.29) is 6.61 Å². The molecule has 0 heterocycles. The van der Waals surface area contributed by atoms with Gasteiger partial charge >= 0.3 is 5.97 Å². The van der Waals surface area contributed by atoms with Crippen molar-refractivity contribution < 1.29 is 28.9 Å². The third-order valence-corrected chi connectivity index (χ3v) is 4.22. The van der Waals surface area contributed by atoms with Gasteiger partial charge in [-0.15, -0.1) is 0 Å². The van der Waals surface area contributed by atoms with E-state index in [1.165, 1.54) is 12.1 Å². The van der Waals surface area contributed by atoms with Gasteiger partial charge in [0.05, 0.1) is 18.8 Å². The van der Waals surface area contributed by atoms with E-state index in [1.807, 2.05) is 31.2 Å². The summed E-state index contributed by atoms with van der Waals surface area (Å²) in [6, 6.07) is 20.4. The second-order valence-electron chi connectivity index (χ2n) is 6.51. The van der Waals surface area contributed by atoms with Gasteiger partial charge in [-0.3, -0.25) is 4.79 Å². The molecule has 0 unspecified atom stereocenters. The highest BCUT2D eigenvalue weighted by atomic mass is 16.5. The standard InChI is InChI=1S/C24H23NO6/c1-2-29-20-11-13-22(14-12-20)31-21-9-7-19(8-10-21)25-23(27)16-30-24(28)18-5-3-17(15-26)4-6-18/h3-14,26H,2,15-16H2,1H3,(H,25,27). The van der Waals surface area contributed by atoms with Crippen molar-refractivity contribution in [2.24, 2.45) is 0 Å². The number of aliphatic hydroxyl groups excluding tert-OH is 1. The summed E-state index contributed by atoms with van der Waals surface area (Å²) < 4.78 is 16.2. The summed E-state index contributed by atoms with van der Waals surface area (Å²) in [6.07, 6.45) is 0. The molecule has 7 nitrogen and oxygen atoms in total. The zero-order valence-corrected chi connectivity index (χ0v) is 17.0. The van der Waals surface area contributed by atoms with Crippen molar-refractivity contribution in [2.45, 2.75) is 13.5 Å². The minimum Gasteiger partial charge on any atom is -0.494 e. The fraction of sp³-hybridized carbons (Fsp3) is 0.167. The molecular formula is C24H23NO6. The first-order valence-electron chi connectivity index (χ1n) is 9.75. The Balaban J connectivity index is 1.47. The van der Waals surface area contributed by atoms with Crippen LogP contribution in [0.1, 0.15) is 22.8 Å². The molecule has 0 aliphatic rings. The largest absolute Gasteiger partial charge is 0.494 e. The summed E-state index contributed by atoms with van der Waals surface area (Å²) in [5, 5.41) is 11.7. The summed E-state index contributed by atoms with van der Waals surface area (Å²) in [7, 11) is 0. The number of amides is 1. The lowest BCUT2D eigenvalue weighted by molar-refractivity contribution is -0.119. The highest BCUT2D eigenvalue weighted by molar-refractivity contribution is 5.95. The molecule has 0 fully saturated rings. The van der Waals surface area contributed by atoms with Crippen molar-refractivity contribution in [2.75, 3.05) is 18.5 Å². The number of carbonyl (C=O) groups is 2. The van der Waals surface area contributed by atoms with Gasteiger partial charge < -0.3 is 24.6 Å². The van der Waals surface area contributed by atoms with Crippen molar-refractivity contribution in [3.05, 3.63) is 83.9 Å². The van der Waals surface area contributed by atoms with E-state index >= 15 is 0 Å². The molecule has 0 radical (unpaired) electrons.